The molecule has 2 amide bonds. The maximum atomic E-state index is 12.7. The lowest BCUT2D eigenvalue weighted by Gasteiger charge is -2.30. The van der Waals surface area contributed by atoms with Gasteiger partial charge in [-0.2, -0.15) is 0 Å². The van der Waals surface area contributed by atoms with Crippen molar-refractivity contribution < 1.29 is 9.59 Å². The van der Waals surface area contributed by atoms with E-state index in [-0.39, 0.29) is 17.7 Å². The number of nitrogens with one attached hydrogen (secondary N) is 2. The molecule has 1 aliphatic heterocycles. The first-order valence-electron chi connectivity index (χ1n) is 9.87. The third kappa shape index (κ3) is 4.90. The van der Waals surface area contributed by atoms with Gasteiger partial charge in [0.2, 0.25) is 11.8 Å². The molecule has 3 heterocycles. The van der Waals surface area contributed by atoms with Crippen LogP contribution in [0.25, 0.3) is 10.9 Å². The van der Waals surface area contributed by atoms with E-state index >= 15 is 0 Å². The number of carbonyl (C=O) groups is 2. The van der Waals surface area contributed by atoms with Crippen LogP contribution in [0.4, 0.5) is 10.8 Å². The average Bonchev–Trinajstić information content (AvgIpc) is 3.20. The number of hydrogen-bond acceptors (Lipinski definition) is 6. The van der Waals surface area contributed by atoms with Crippen molar-refractivity contribution in [2.75, 3.05) is 23.7 Å². The number of benzene rings is 1. The van der Waals surface area contributed by atoms with E-state index in [9.17, 15) is 9.59 Å². The van der Waals surface area contributed by atoms with Crippen LogP contribution in [0.5, 0.6) is 0 Å². The van der Waals surface area contributed by atoms with Crippen LogP contribution in [0.2, 0.25) is 0 Å². The molecule has 8 heteroatoms. The Morgan fingerprint density at radius 1 is 1.20 bits per heavy atom. The summed E-state index contributed by atoms with van der Waals surface area (Å²) in [7, 11) is 0. The van der Waals surface area contributed by atoms with Crippen LogP contribution in [0.15, 0.2) is 55.4 Å². The summed E-state index contributed by atoms with van der Waals surface area (Å²) >= 11 is 1.46. The molecule has 1 aromatic carbocycles. The number of nitrogens with zero attached hydrogens (tertiary/aromatic N) is 3. The van der Waals surface area contributed by atoms with E-state index < -0.39 is 0 Å². The molecular weight excluding hydrogens is 398 g/mol. The molecule has 0 aliphatic carbocycles. The summed E-state index contributed by atoms with van der Waals surface area (Å²) in [5.74, 6) is -0.176. The first-order valence-corrected chi connectivity index (χ1v) is 10.7. The van der Waals surface area contributed by atoms with Crippen LogP contribution < -0.4 is 10.6 Å². The van der Waals surface area contributed by atoms with E-state index in [1.807, 2.05) is 30.3 Å². The number of carbonyl (C=O) groups excluding carboxylic acids is 2. The summed E-state index contributed by atoms with van der Waals surface area (Å²) in [6, 6.07) is 9.67. The number of thiazole rings is 1. The Kier molecular flexibility index (Phi) is 6.15. The third-order valence-corrected chi connectivity index (χ3v) is 6.07. The summed E-state index contributed by atoms with van der Waals surface area (Å²) in [4.78, 5) is 36.0. The Hall–Kier alpha value is -3.10. The lowest BCUT2D eigenvalue weighted by Crippen LogP contribution is -2.37. The molecular formula is C22H23N5O2S. The van der Waals surface area contributed by atoms with Gasteiger partial charge in [-0.3, -0.25) is 24.8 Å². The summed E-state index contributed by atoms with van der Waals surface area (Å²) < 4.78 is 0. The number of aromatic nitrogens is 2. The van der Waals surface area contributed by atoms with Crippen LogP contribution >= 0.6 is 11.3 Å². The summed E-state index contributed by atoms with van der Waals surface area (Å²) in [5.41, 5.74) is 1.72. The highest BCUT2D eigenvalue weighted by atomic mass is 32.1. The Bertz CT molecular complexity index is 1070. The summed E-state index contributed by atoms with van der Waals surface area (Å²) in [6.07, 6.45) is 6.42. The first kappa shape index (κ1) is 20.2. The second kappa shape index (κ2) is 9.15. The number of rotatable bonds is 6. The van der Waals surface area contributed by atoms with E-state index in [4.69, 9.17) is 0 Å². The minimum Gasteiger partial charge on any atom is -0.326 e. The number of pyridine rings is 1. The standard InChI is InChI=1S/C22H23N5O2S/c1-2-20(28)26-22-24-13-18(30-22)14-27-10-7-15(8-11-27)21(29)25-17-5-6-19-16(12-17)4-3-9-23-19/h2-6,9,12-13,15H,1,7-8,10-11,14H2,(H,25,29)(H,24,26,28). The smallest absolute Gasteiger partial charge is 0.249 e. The van der Waals surface area contributed by atoms with Crippen molar-refractivity contribution in [1.29, 1.82) is 0 Å². The molecule has 1 fully saturated rings. The van der Waals surface area contributed by atoms with Gasteiger partial charge in [-0.05, 0) is 56.3 Å². The van der Waals surface area contributed by atoms with E-state index in [0.29, 0.717) is 5.13 Å². The average molecular weight is 422 g/mol. The highest BCUT2D eigenvalue weighted by Gasteiger charge is 2.25. The lowest BCUT2D eigenvalue weighted by atomic mass is 9.95. The maximum absolute atomic E-state index is 12.7. The third-order valence-electron chi connectivity index (χ3n) is 5.18. The zero-order chi connectivity index (χ0) is 20.9. The molecule has 1 aliphatic rings. The maximum Gasteiger partial charge on any atom is 0.249 e. The van der Waals surface area contributed by atoms with Gasteiger partial charge < -0.3 is 5.32 Å². The minimum atomic E-state index is -0.259. The second-order valence-electron chi connectivity index (χ2n) is 7.28. The predicted octanol–water partition coefficient (Wildman–Crippen LogP) is 3.67. The number of piperidine rings is 1. The fourth-order valence-corrected chi connectivity index (χ4v) is 4.42. The van der Waals surface area contributed by atoms with Gasteiger partial charge in [-0.25, -0.2) is 4.98 Å². The predicted molar refractivity (Wildman–Crippen MR) is 119 cm³/mol. The molecule has 0 bridgehead atoms. The largest absolute Gasteiger partial charge is 0.326 e. The lowest BCUT2D eigenvalue weighted by molar-refractivity contribution is -0.121. The van der Waals surface area contributed by atoms with Crippen molar-refractivity contribution in [3.05, 3.63) is 60.3 Å². The summed E-state index contributed by atoms with van der Waals surface area (Å²) in [5, 5.41) is 7.33. The van der Waals surface area contributed by atoms with Crippen LogP contribution in [0.1, 0.15) is 17.7 Å². The Labute approximate surface area is 178 Å². The molecule has 30 heavy (non-hydrogen) atoms. The van der Waals surface area contributed by atoms with Gasteiger partial charge in [0.25, 0.3) is 0 Å². The van der Waals surface area contributed by atoms with Crippen LogP contribution in [0, 0.1) is 5.92 Å². The van der Waals surface area contributed by atoms with Gasteiger partial charge in [-0.15, -0.1) is 11.3 Å². The SMILES string of the molecule is C=CC(=O)Nc1ncc(CN2CCC(C(=O)Nc3ccc4ncccc4c3)CC2)s1. The molecule has 2 N–H and O–H groups in total. The fourth-order valence-electron chi connectivity index (χ4n) is 3.57. The van der Waals surface area contributed by atoms with Crippen LogP contribution in [-0.4, -0.2) is 39.8 Å². The molecule has 0 atom stereocenters. The molecule has 7 nitrogen and oxygen atoms in total. The molecule has 4 rings (SSSR count). The van der Waals surface area contributed by atoms with E-state index in [0.717, 1.165) is 53.9 Å². The number of amides is 2. The number of anilines is 2. The van der Waals surface area contributed by atoms with Gasteiger partial charge in [0.05, 0.1) is 5.52 Å². The zero-order valence-corrected chi connectivity index (χ0v) is 17.3. The highest BCUT2D eigenvalue weighted by Crippen LogP contribution is 2.25. The quantitative estimate of drug-likeness (QED) is 0.593. The molecule has 0 unspecified atom stereocenters. The van der Waals surface area contributed by atoms with Gasteiger partial charge in [-0.1, -0.05) is 12.6 Å². The summed E-state index contributed by atoms with van der Waals surface area (Å²) in [6.45, 7) is 5.92. The number of fused-ring (bicyclic) bond motifs is 1. The molecule has 2 aromatic heterocycles. The topological polar surface area (TPSA) is 87.2 Å². The molecule has 0 spiro atoms. The molecule has 1 saturated heterocycles. The van der Waals surface area contributed by atoms with Crippen molar-refractivity contribution in [2.45, 2.75) is 19.4 Å². The normalized spacial score (nSPS) is 15.1. The van der Waals surface area contributed by atoms with E-state index in [1.165, 1.54) is 17.4 Å². The molecule has 0 radical (unpaired) electrons. The highest BCUT2D eigenvalue weighted by molar-refractivity contribution is 7.15. The van der Waals surface area contributed by atoms with E-state index in [1.54, 1.807) is 12.4 Å². The second-order valence-corrected chi connectivity index (χ2v) is 8.39. The van der Waals surface area contributed by atoms with Gasteiger partial charge in [0.15, 0.2) is 5.13 Å². The molecule has 154 valence electrons. The Balaban J connectivity index is 1.28. The first-order chi connectivity index (χ1) is 14.6. The van der Waals surface area contributed by atoms with Gasteiger partial charge in [0.1, 0.15) is 0 Å². The monoisotopic (exact) mass is 421 g/mol. The van der Waals surface area contributed by atoms with Crippen molar-refractivity contribution in [2.24, 2.45) is 5.92 Å². The Morgan fingerprint density at radius 2 is 2.03 bits per heavy atom. The van der Waals surface area contributed by atoms with Crippen molar-refractivity contribution in [3.8, 4) is 0 Å². The fraction of sp³-hybridized carbons (Fsp3) is 0.273. The van der Waals surface area contributed by atoms with Crippen LogP contribution in [0.3, 0.4) is 0 Å². The van der Waals surface area contributed by atoms with Crippen LogP contribution in [-0.2, 0) is 16.1 Å². The molecule has 3 aromatic rings. The molecule has 0 saturated carbocycles. The van der Waals surface area contributed by atoms with Crippen molar-refractivity contribution in [1.82, 2.24) is 14.9 Å². The van der Waals surface area contributed by atoms with Gasteiger partial charge in [0, 0.05) is 40.8 Å². The zero-order valence-electron chi connectivity index (χ0n) is 16.5. The van der Waals surface area contributed by atoms with Crippen molar-refractivity contribution >= 4 is 44.9 Å². The van der Waals surface area contributed by atoms with E-state index in [2.05, 4.69) is 32.1 Å². The minimum absolute atomic E-state index is 0.00902. The van der Waals surface area contributed by atoms with Crippen molar-refractivity contribution in [3.63, 3.8) is 0 Å². The number of likely N-dealkylation sites (tertiary alicyclic amines) is 1. The van der Waals surface area contributed by atoms with Gasteiger partial charge >= 0.3 is 0 Å². The Morgan fingerprint density at radius 3 is 2.83 bits per heavy atom. The number of hydrogen-bond donors (Lipinski definition) is 2.